The number of benzene rings is 3. The third kappa shape index (κ3) is 6.00. The zero-order valence-corrected chi connectivity index (χ0v) is 23.8. The lowest BCUT2D eigenvalue weighted by Gasteiger charge is -2.25. The van der Waals surface area contributed by atoms with Crippen molar-refractivity contribution in [1.29, 1.82) is 5.41 Å². The summed E-state index contributed by atoms with van der Waals surface area (Å²) in [5, 5.41) is 28.6. The van der Waals surface area contributed by atoms with Crippen LogP contribution in [-0.4, -0.2) is 60.3 Å². The summed E-state index contributed by atoms with van der Waals surface area (Å²) in [6.07, 6.45) is 3.62. The summed E-state index contributed by atoms with van der Waals surface area (Å²) in [5.74, 6) is -0.874. The molecule has 1 saturated heterocycles. The summed E-state index contributed by atoms with van der Waals surface area (Å²) in [5.41, 5.74) is 11.0. The van der Waals surface area contributed by atoms with E-state index in [1.165, 1.54) is 13.2 Å². The fourth-order valence-electron chi connectivity index (χ4n) is 5.48. The topological polar surface area (TPSA) is 154 Å². The molecule has 0 spiro atoms. The molecule has 5 rings (SSSR count). The van der Waals surface area contributed by atoms with Crippen molar-refractivity contribution in [3.8, 4) is 16.9 Å². The monoisotopic (exact) mass is 568 g/mol. The van der Waals surface area contributed by atoms with E-state index in [0.717, 1.165) is 48.1 Å². The lowest BCUT2D eigenvalue weighted by molar-refractivity contribution is 0.0697. The molecule has 218 valence electrons. The van der Waals surface area contributed by atoms with Gasteiger partial charge < -0.3 is 36.1 Å². The van der Waals surface area contributed by atoms with Crippen molar-refractivity contribution in [3.05, 3.63) is 88.6 Å². The minimum Gasteiger partial charge on any atom is -0.497 e. The van der Waals surface area contributed by atoms with E-state index in [1.54, 1.807) is 24.3 Å². The van der Waals surface area contributed by atoms with Crippen molar-refractivity contribution in [2.45, 2.75) is 32.5 Å². The molecule has 1 aromatic heterocycles. The number of carbonyl (C=O) groups is 2. The zero-order chi connectivity index (χ0) is 29.8. The fraction of sp³-hybridized carbons (Fsp3) is 0.281. The second kappa shape index (κ2) is 12.5. The number of hydrogen-bond donors (Lipinski definition) is 6. The Kier molecular flexibility index (Phi) is 8.56. The molecule has 0 atom stereocenters. The first-order valence-corrected chi connectivity index (χ1v) is 14.0. The van der Waals surface area contributed by atoms with Crippen molar-refractivity contribution >= 4 is 28.6 Å². The highest BCUT2D eigenvalue weighted by atomic mass is 16.5. The van der Waals surface area contributed by atoms with Crippen LogP contribution in [-0.2, 0) is 13.0 Å². The predicted octanol–water partition coefficient (Wildman–Crippen LogP) is 3.55. The summed E-state index contributed by atoms with van der Waals surface area (Å²) in [6.45, 7) is 5.00. The number of rotatable bonds is 10. The number of nitrogens with two attached hydrogens (primary N) is 1. The van der Waals surface area contributed by atoms with Gasteiger partial charge in [0.05, 0.1) is 18.8 Å². The molecule has 10 nitrogen and oxygen atoms in total. The fourth-order valence-corrected chi connectivity index (χ4v) is 5.48. The number of nitrogens with zero attached hydrogens (tertiary/aromatic N) is 1. The van der Waals surface area contributed by atoms with E-state index in [-0.39, 0.29) is 23.5 Å². The van der Waals surface area contributed by atoms with E-state index in [9.17, 15) is 14.7 Å². The van der Waals surface area contributed by atoms with Gasteiger partial charge in [0, 0.05) is 47.7 Å². The van der Waals surface area contributed by atoms with Crippen LogP contribution in [0.3, 0.4) is 0 Å². The smallest absolute Gasteiger partial charge is 0.336 e. The van der Waals surface area contributed by atoms with Gasteiger partial charge in [0.25, 0.3) is 5.91 Å². The van der Waals surface area contributed by atoms with Crippen molar-refractivity contribution in [1.82, 2.24) is 20.5 Å². The second-order valence-corrected chi connectivity index (χ2v) is 10.4. The minimum absolute atomic E-state index is 0.000969. The summed E-state index contributed by atoms with van der Waals surface area (Å²) < 4.78 is 7.41. The summed E-state index contributed by atoms with van der Waals surface area (Å²) in [4.78, 5) is 25.6. The van der Waals surface area contributed by atoms with E-state index >= 15 is 0 Å². The Bertz CT molecular complexity index is 1650. The molecule has 10 heteroatoms. The second-order valence-electron chi connectivity index (χ2n) is 10.4. The van der Waals surface area contributed by atoms with Crippen LogP contribution in [0.25, 0.3) is 22.0 Å². The molecule has 3 aromatic carbocycles. The molecular weight excluding hydrogens is 532 g/mol. The average molecular weight is 569 g/mol. The first kappa shape index (κ1) is 28.8. The molecule has 1 aliphatic heterocycles. The van der Waals surface area contributed by atoms with Crippen molar-refractivity contribution < 1.29 is 19.4 Å². The molecule has 7 N–H and O–H groups in total. The number of hydrogen-bond acceptors (Lipinski definition) is 6. The van der Waals surface area contributed by atoms with E-state index < -0.39 is 5.97 Å². The minimum atomic E-state index is -1.08. The Balaban J connectivity index is 1.57. The number of nitrogen functional groups attached to an aromatic ring is 1. The molecular formula is C32H36N6O4. The quantitative estimate of drug-likeness (QED) is 0.126. The van der Waals surface area contributed by atoms with Gasteiger partial charge in [0.1, 0.15) is 11.6 Å². The molecule has 42 heavy (non-hydrogen) atoms. The van der Waals surface area contributed by atoms with Gasteiger partial charge in [-0.3, -0.25) is 10.2 Å². The highest BCUT2D eigenvalue weighted by molar-refractivity contribution is 6.01. The third-order valence-electron chi connectivity index (χ3n) is 7.72. The van der Waals surface area contributed by atoms with Crippen LogP contribution in [0.2, 0.25) is 0 Å². The molecule has 0 radical (unpaired) electrons. The van der Waals surface area contributed by atoms with E-state index in [0.29, 0.717) is 41.0 Å². The van der Waals surface area contributed by atoms with Crippen LogP contribution < -0.4 is 26.4 Å². The number of ether oxygens (including phenoxy) is 1. The standard InChI is InChI=1S/C32H36N6O4/c1-3-38-18-22(24-9-7-20(30(33)34)15-28(24)38)13-19-5-6-21(31(39)37-17-29-35-11-4-12-36-29)14-26(19)25-10-8-23(42-2)16-27(25)32(40)41/h5-10,14-16,18,29,35-36H,3-4,11-13,17H2,1-2H3,(H3,33,34)(H,37,39)(H,40,41). The number of carboxylic acids is 1. The first-order chi connectivity index (χ1) is 20.3. The van der Waals surface area contributed by atoms with Gasteiger partial charge in [-0.1, -0.05) is 18.2 Å². The highest BCUT2D eigenvalue weighted by Crippen LogP contribution is 2.34. The SMILES string of the molecule is CCn1cc(Cc2ccc(C(=O)NCC3NCCCN3)cc2-c2ccc(OC)cc2C(=O)O)c2ccc(C(=N)N)cc21. The van der Waals surface area contributed by atoms with Crippen LogP contribution in [0.4, 0.5) is 0 Å². The van der Waals surface area contributed by atoms with Gasteiger partial charge in [0.2, 0.25) is 0 Å². The molecule has 0 bridgehead atoms. The molecule has 1 amide bonds. The third-order valence-corrected chi connectivity index (χ3v) is 7.72. The average Bonchev–Trinajstić information content (AvgIpc) is 3.36. The van der Waals surface area contributed by atoms with Crippen LogP contribution in [0.1, 0.15) is 50.8 Å². The van der Waals surface area contributed by atoms with Gasteiger partial charge in [-0.05, 0) is 85.1 Å². The lowest BCUT2D eigenvalue weighted by atomic mass is 9.90. The predicted molar refractivity (Wildman–Crippen MR) is 164 cm³/mol. The highest BCUT2D eigenvalue weighted by Gasteiger charge is 2.20. The number of nitrogens with one attached hydrogen (secondary N) is 4. The molecule has 2 heterocycles. The van der Waals surface area contributed by atoms with Gasteiger partial charge in [-0.15, -0.1) is 0 Å². The van der Waals surface area contributed by atoms with Crippen LogP contribution in [0.15, 0.2) is 60.8 Å². The molecule has 4 aromatic rings. The Morgan fingerprint density at radius 1 is 1.05 bits per heavy atom. The van der Waals surface area contributed by atoms with Gasteiger partial charge in [0.15, 0.2) is 0 Å². The van der Waals surface area contributed by atoms with E-state index in [2.05, 4.69) is 33.6 Å². The first-order valence-electron chi connectivity index (χ1n) is 14.0. The Labute approximate surface area is 244 Å². The van der Waals surface area contributed by atoms with Gasteiger partial charge in [-0.25, -0.2) is 4.79 Å². The number of amides is 1. The Morgan fingerprint density at radius 2 is 1.81 bits per heavy atom. The lowest BCUT2D eigenvalue weighted by Crippen LogP contribution is -2.54. The van der Waals surface area contributed by atoms with Crippen LogP contribution in [0.5, 0.6) is 5.75 Å². The number of aromatic carboxylic acids is 1. The summed E-state index contributed by atoms with van der Waals surface area (Å²) in [7, 11) is 1.49. The van der Waals surface area contributed by atoms with Gasteiger partial charge in [-0.2, -0.15) is 0 Å². The molecule has 0 aliphatic carbocycles. The number of amidine groups is 1. The number of carbonyl (C=O) groups excluding carboxylic acids is 1. The van der Waals surface area contributed by atoms with Crippen molar-refractivity contribution in [3.63, 3.8) is 0 Å². The van der Waals surface area contributed by atoms with Gasteiger partial charge >= 0.3 is 5.97 Å². The van der Waals surface area contributed by atoms with Crippen LogP contribution in [0, 0.1) is 5.41 Å². The number of aryl methyl sites for hydroxylation is 1. The Morgan fingerprint density at radius 3 is 2.50 bits per heavy atom. The zero-order valence-electron chi connectivity index (χ0n) is 23.8. The number of methoxy groups -OCH3 is 1. The number of carboxylic acid groups (broad SMARTS) is 1. The number of fused-ring (bicyclic) bond motifs is 1. The molecule has 0 unspecified atom stereocenters. The largest absolute Gasteiger partial charge is 0.497 e. The van der Waals surface area contributed by atoms with Crippen molar-refractivity contribution in [2.24, 2.45) is 5.73 Å². The molecule has 1 fully saturated rings. The normalized spacial score (nSPS) is 13.7. The van der Waals surface area contributed by atoms with E-state index in [4.69, 9.17) is 15.9 Å². The maximum absolute atomic E-state index is 13.2. The summed E-state index contributed by atoms with van der Waals surface area (Å²) in [6, 6.07) is 16.1. The van der Waals surface area contributed by atoms with E-state index in [1.807, 2.05) is 24.3 Å². The molecule has 1 aliphatic rings. The molecule has 0 saturated carbocycles. The number of aromatic nitrogens is 1. The van der Waals surface area contributed by atoms with Crippen LogP contribution >= 0.6 is 0 Å². The summed E-state index contributed by atoms with van der Waals surface area (Å²) >= 11 is 0. The maximum atomic E-state index is 13.2. The van der Waals surface area contributed by atoms with Crippen molar-refractivity contribution in [2.75, 3.05) is 26.7 Å². The Hall–Kier alpha value is -4.67. The maximum Gasteiger partial charge on any atom is 0.336 e.